The molecule has 0 aliphatic carbocycles. The van der Waals surface area contributed by atoms with E-state index in [1.54, 1.807) is 12.1 Å². The molecule has 0 spiro atoms. The molecule has 0 radical (unpaired) electrons. The maximum absolute atomic E-state index is 9.55. The molecule has 1 aliphatic rings. The lowest BCUT2D eigenvalue weighted by Crippen LogP contribution is -2.12. The molecule has 2 rings (SSSR count). The van der Waals surface area contributed by atoms with E-state index in [0.29, 0.717) is 0 Å². The zero-order chi connectivity index (χ0) is 9.26. The van der Waals surface area contributed by atoms with Crippen LogP contribution in [-0.2, 0) is 0 Å². The van der Waals surface area contributed by atoms with Gasteiger partial charge in [0.2, 0.25) is 0 Å². The second-order valence-electron chi connectivity index (χ2n) is 3.39. The van der Waals surface area contributed by atoms with Crippen LogP contribution in [0, 0.1) is 0 Å². The number of benzene rings is 1. The highest BCUT2D eigenvalue weighted by Crippen LogP contribution is 2.32. The molecule has 3 heteroatoms. The summed E-state index contributed by atoms with van der Waals surface area (Å²) in [6.07, 6.45) is 2.20. The third kappa shape index (κ3) is 1.60. The normalized spacial score (nSPS) is 22.0. The fraction of sp³-hybridized carbons (Fsp3) is 0.400. The molecular weight excluding hydrogens is 166 g/mol. The molecule has 0 bridgehead atoms. The van der Waals surface area contributed by atoms with Gasteiger partial charge in [-0.1, -0.05) is 6.07 Å². The Labute approximate surface area is 77.0 Å². The lowest BCUT2D eigenvalue weighted by Gasteiger charge is -2.12. The molecular formula is C10H13NO2. The second-order valence-corrected chi connectivity index (χ2v) is 3.39. The van der Waals surface area contributed by atoms with Gasteiger partial charge in [-0.15, -0.1) is 0 Å². The Hall–Kier alpha value is -1.22. The number of hydrogen-bond acceptors (Lipinski definition) is 3. The molecule has 3 N–H and O–H groups in total. The Kier molecular flexibility index (Phi) is 2.10. The van der Waals surface area contributed by atoms with Crippen molar-refractivity contribution in [3.63, 3.8) is 0 Å². The Morgan fingerprint density at radius 3 is 2.77 bits per heavy atom. The minimum atomic E-state index is 0.110. The van der Waals surface area contributed by atoms with Crippen LogP contribution in [0.2, 0.25) is 0 Å². The first-order valence-corrected chi connectivity index (χ1v) is 4.52. The van der Waals surface area contributed by atoms with E-state index in [2.05, 4.69) is 5.32 Å². The van der Waals surface area contributed by atoms with Gasteiger partial charge in [0, 0.05) is 17.7 Å². The van der Waals surface area contributed by atoms with Crippen LogP contribution in [0.15, 0.2) is 18.2 Å². The number of phenolic OH excluding ortho intramolecular Hbond substituents is 2. The summed E-state index contributed by atoms with van der Waals surface area (Å²) in [4.78, 5) is 0. The van der Waals surface area contributed by atoms with Crippen molar-refractivity contribution in [2.45, 2.75) is 18.9 Å². The van der Waals surface area contributed by atoms with Crippen molar-refractivity contribution in [3.8, 4) is 11.5 Å². The highest BCUT2D eigenvalue weighted by atomic mass is 16.3. The summed E-state index contributed by atoms with van der Waals surface area (Å²) in [5, 5.41) is 21.9. The van der Waals surface area contributed by atoms with Crippen molar-refractivity contribution in [2.75, 3.05) is 6.54 Å². The fourth-order valence-corrected chi connectivity index (χ4v) is 1.78. The fourth-order valence-electron chi connectivity index (χ4n) is 1.78. The minimum absolute atomic E-state index is 0.110. The zero-order valence-electron chi connectivity index (χ0n) is 7.33. The summed E-state index contributed by atoms with van der Waals surface area (Å²) >= 11 is 0. The predicted octanol–water partition coefficient (Wildman–Crippen LogP) is 1.52. The molecule has 1 aromatic rings. The first-order chi connectivity index (χ1) is 6.27. The number of rotatable bonds is 1. The van der Waals surface area contributed by atoms with E-state index in [1.165, 1.54) is 6.07 Å². The first kappa shape index (κ1) is 8.38. The Balaban J connectivity index is 2.29. The van der Waals surface area contributed by atoms with Gasteiger partial charge in [0.05, 0.1) is 0 Å². The number of hydrogen-bond donors (Lipinski definition) is 3. The maximum Gasteiger partial charge on any atom is 0.124 e. The molecule has 0 aromatic heterocycles. The van der Waals surface area contributed by atoms with Gasteiger partial charge in [-0.05, 0) is 25.5 Å². The van der Waals surface area contributed by atoms with Gasteiger partial charge in [0.1, 0.15) is 11.5 Å². The van der Waals surface area contributed by atoms with E-state index in [0.717, 1.165) is 24.9 Å². The van der Waals surface area contributed by atoms with E-state index >= 15 is 0 Å². The van der Waals surface area contributed by atoms with Gasteiger partial charge in [0.25, 0.3) is 0 Å². The topological polar surface area (TPSA) is 52.5 Å². The van der Waals surface area contributed by atoms with Crippen LogP contribution in [0.3, 0.4) is 0 Å². The molecule has 1 atom stereocenters. The average molecular weight is 179 g/mol. The molecule has 3 nitrogen and oxygen atoms in total. The number of aromatic hydroxyl groups is 2. The first-order valence-electron chi connectivity index (χ1n) is 4.52. The van der Waals surface area contributed by atoms with Crippen LogP contribution < -0.4 is 5.32 Å². The molecule has 1 fully saturated rings. The summed E-state index contributed by atoms with van der Waals surface area (Å²) < 4.78 is 0. The van der Waals surface area contributed by atoms with Crippen LogP contribution in [0.5, 0.6) is 11.5 Å². The second kappa shape index (κ2) is 3.26. The molecule has 0 saturated carbocycles. The quantitative estimate of drug-likeness (QED) is 0.612. The molecule has 1 saturated heterocycles. The molecule has 0 amide bonds. The van der Waals surface area contributed by atoms with Crippen LogP contribution in [0.1, 0.15) is 24.4 Å². The maximum atomic E-state index is 9.55. The van der Waals surface area contributed by atoms with Crippen LogP contribution in [0.4, 0.5) is 0 Å². The summed E-state index contributed by atoms with van der Waals surface area (Å²) in [6.45, 7) is 1.00. The van der Waals surface area contributed by atoms with Crippen LogP contribution >= 0.6 is 0 Å². The Bertz CT molecular complexity index is 306. The van der Waals surface area contributed by atoms with E-state index in [-0.39, 0.29) is 17.5 Å². The van der Waals surface area contributed by atoms with Crippen molar-refractivity contribution in [2.24, 2.45) is 0 Å². The molecule has 1 heterocycles. The van der Waals surface area contributed by atoms with Gasteiger partial charge >= 0.3 is 0 Å². The van der Waals surface area contributed by atoms with Gasteiger partial charge in [-0.2, -0.15) is 0 Å². The van der Waals surface area contributed by atoms with Crippen molar-refractivity contribution in [1.82, 2.24) is 5.32 Å². The van der Waals surface area contributed by atoms with E-state index < -0.39 is 0 Å². The zero-order valence-corrected chi connectivity index (χ0v) is 7.33. The molecule has 70 valence electrons. The van der Waals surface area contributed by atoms with Gasteiger partial charge in [-0.25, -0.2) is 0 Å². The standard InChI is InChI=1S/C10H13NO2/c12-7-3-4-8(10(13)6-7)9-2-1-5-11-9/h3-4,6,9,11-13H,1-2,5H2/t9-/m0/s1. The van der Waals surface area contributed by atoms with Crippen molar-refractivity contribution in [3.05, 3.63) is 23.8 Å². The van der Waals surface area contributed by atoms with E-state index in [4.69, 9.17) is 5.11 Å². The highest BCUT2D eigenvalue weighted by molar-refractivity contribution is 5.41. The van der Waals surface area contributed by atoms with E-state index in [1.807, 2.05) is 0 Å². The summed E-state index contributed by atoms with van der Waals surface area (Å²) in [6, 6.07) is 5.01. The average Bonchev–Trinajstić information content (AvgIpc) is 2.56. The smallest absolute Gasteiger partial charge is 0.124 e. The van der Waals surface area contributed by atoms with Crippen LogP contribution in [0.25, 0.3) is 0 Å². The number of phenols is 2. The third-order valence-corrected chi connectivity index (χ3v) is 2.45. The lowest BCUT2D eigenvalue weighted by atomic mass is 10.0. The summed E-state index contributed by atoms with van der Waals surface area (Å²) in [7, 11) is 0. The molecule has 1 aliphatic heterocycles. The SMILES string of the molecule is Oc1ccc([C@@H]2CCCN2)c(O)c1. The van der Waals surface area contributed by atoms with Crippen LogP contribution in [-0.4, -0.2) is 16.8 Å². The predicted molar refractivity (Wildman–Crippen MR) is 49.7 cm³/mol. The Morgan fingerprint density at radius 1 is 1.31 bits per heavy atom. The van der Waals surface area contributed by atoms with Gasteiger partial charge in [-0.3, -0.25) is 0 Å². The Morgan fingerprint density at radius 2 is 2.15 bits per heavy atom. The highest BCUT2D eigenvalue weighted by Gasteiger charge is 2.18. The third-order valence-electron chi connectivity index (χ3n) is 2.45. The largest absolute Gasteiger partial charge is 0.508 e. The molecule has 13 heavy (non-hydrogen) atoms. The number of nitrogens with one attached hydrogen (secondary N) is 1. The van der Waals surface area contributed by atoms with Crippen molar-refractivity contribution < 1.29 is 10.2 Å². The van der Waals surface area contributed by atoms with Gasteiger partial charge < -0.3 is 15.5 Å². The molecule has 0 unspecified atom stereocenters. The van der Waals surface area contributed by atoms with Gasteiger partial charge in [0.15, 0.2) is 0 Å². The summed E-state index contributed by atoms with van der Waals surface area (Å²) in [5.74, 6) is 0.290. The monoisotopic (exact) mass is 179 g/mol. The lowest BCUT2D eigenvalue weighted by molar-refractivity contribution is 0.439. The van der Waals surface area contributed by atoms with E-state index in [9.17, 15) is 5.11 Å². The summed E-state index contributed by atoms with van der Waals surface area (Å²) in [5.41, 5.74) is 0.885. The van der Waals surface area contributed by atoms with Crippen molar-refractivity contribution in [1.29, 1.82) is 0 Å². The molecule has 1 aromatic carbocycles. The minimum Gasteiger partial charge on any atom is -0.508 e. The van der Waals surface area contributed by atoms with Crippen molar-refractivity contribution >= 4 is 0 Å².